The van der Waals surface area contributed by atoms with Crippen LogP contribution in [0.3, 0.4) is 0 Å². The number of aryl methyl sites for hydroxylation is 1. The van der Waals surface area contributed by atoms with Crippen LogP contribution in [0.4, 0.5) is 0 Å². The molecular weight excluding hydrogens is 330 g/mol. The second kappa shape index (κ2) is 9.82. The first-order chi connectivity index (χ1) is 12.5. The van der Waals surface area contributed by atoms with Crippen molar-refractivity contribution < 1.29 is 19.0 Å². The molecule has 26 heavy (non-hydrogen) atoms. The maximum absolute atomic E-state index is 11.9. The third-order valence-electron chi connectivity index (χ3n) is 3.80. The van der Waals surface area contributed by atoms with E-state index >= 15 is 0 Å². The molecule has 0 fully saturated rings. The summed E-state index contributed by atoms with van der Waals surface area (Å²) in [6.07, 6.45) is 0.846. The molecule has 1 amide bonds. The lowest BCUT2D eigenvalue weighted by atomic mass is 10.1. The zero-order chi connectivity index (χ0) is 18.9. The largest absolute Gasteiger partial charge is 0.493 e. The van der Waals surface area contributed by atoms with E-state index < -0.39 is 0 Å². The van der Waals surface area contributed by atoms with Crippen molar-refractivity contribution in [3.63, 3.8) is 0 Å². The van der Waals surface area contributed by atoms with Gasteiger partial charge in [0.1, 0.15) is 18.1 Å². The third-order valence-corrected chi connectivity index (χ3v) is 3.80. The first-order valence-corrected chi connectivity index (χ1v) is 8.66. The second-order valence-corrected chi connectivity index (χ2v) is 6.36. The Hall–Kier alpha value is -2.53. The zero-order valence-corrected chi connectivity index (χ0v) is 16.0. The van der Waals surface area contributed by atoms with Gasteiger partial charge in [0.2, 0.25) is 0 Å². The maximum atomic E-state index is 11.9. The van der Waals surface area contributed by atoms with Crippen LogP contribution < -0.4 is 9.47 Å². The number of rotatable bonds is 9. The minimum Gasteiger partial charge on any atom is -0.493 e. The summed E-state index contributed by atoms with van der Waals surface area (Å²) in [5.41, 5.74) is 2.75. The molecule has 2 aromatic carbocycles. The molecule has 0 N–H and O–H groups in total. The van der Waals surface area contributed by atoms with E-state index in [2.05, 4.69) is 0 Å². The Bertz CT molecular complexity index is 710. The van der Waals surface area contributed by atoms with Crippen LogP contribution in [0.25, 0.3) is 0 Å². The highest BCUT2D eigenvalue weighted by Crippen LogP contribution is 2.23. The van der Waals surface area contributed by atoms with E-state index in [1.807, 2.05) is 49.4 Å². The Morgan fingerprint density at radius 1 is 0.962 bits per heavy atom. The van der Waals surface area contributed by atoms with Gasteiger partial charge in [0.25, 0.3) is 5.91 Å². The third kappa shape index (κ3) is 6.08. The SMILES string of the molecule is COCCCOc1cc(C)cc(OCc2ccc(C(=O)N(C)C)cc2)c1. The van der Waals surface area contributed by atoms with Crippen molar-refractivity contribution in [3.8, 4) is 11.5 Å². The monoisotopic (exact) mass is 357 g/mol. The first kappa shape index (κ1) is 19.8. The molecule has 0 aromatic heterocycles. The molecule has 0 spiro atoms. The zero-order valence-electron chi connectivity index (χ0n) is 16.0. The molecule has 0 saturated carbocycles. The van der Waals surface area contributed by atoms with Gasteiger partial charge < -0.3 is 19.1 Å². The molecule has 5 nitrogen and oxygen atoms in total. The summed E-state index contributed by atoms with van der Waals surface area (Å²) in [7, 11) is 5.17. The summed E-state index contributed by atoms with van der Waals surface area (Å²) in [5.74, 6) is 1.55. The molecule has 0 aliphatic heterocycles. The summed E-state index contributed by atoms with van der Waals surface area (Å²) in [4.78, 5) is 13.5. The van der Waals surface area contributed by atoms with Gasteiger partial charge in [-0.15, -0.1) is 0 Å². The molecule has 0 saturated heterocycles. The molecule has 2 aromatic rings. The Kier molecular flexibility index (Phi) is 7.48. The number of carbonyl (C=O) groups excluding carboxylic acids is 1. The van der Waals surface area contributed by atoms with Crippen LogP contribution in [0.2, 0.25) is 0 Å². The number of benzene rings is 2. The lowest BCUT2D eigenvalue weighted by Gasteiger charge is -2.12. The summed E-state index contributed by atoms with van der Waals surface area (Å²) in [6, 6.07) is 13.3. The highest BCUT2D eigenvalue weighted by molar-refractivity contribution is 5.93. The number of hydrogen-bond donors (Lipinski definition) is 0. The molecule has 5 heteroatoms. The molecule has 0 radical (unpaired) electrons. The van der Waals surface area contributed by atoms with Gasteiger partial charge in [0.05, 0.1) is 6.61 Å². The van der Waals surface area contributed by atoms with Crippen molar-refractivity contribution >= 4 is 5.91 Å². The average Bonchev–Trinajstić information content (AvgIpc) is 2.63. The van der Waals surface area contributed by atoms with Crippen LogP contribution in [-0.4, -0.2) is 45.2 Å². The van der Waals surface area contributed by atoms with Gasteiger partial charge in [-0.3, -0.25) is 4.79 Å². The summed E-state index contributed by atoms with van der Waals surface area (Å²) in [6.45, 7) is 3.74. The van der Waals surface area contributed by atoms with Crippen LogP contribution in [0, 0.1) is 6.92 Å². The van der Waals surface area contributed by atoms with E-state index in [1.54, 1.807) is 26.1 Å². The standard InChI is InChI=1S/C21H27NO4/c1-16-12-19(25-11-5-10-24-4)14-20(13-16)26-15-17-6-8-18(9-7-17)21(23)22(2)3/h6-9,12-14H,5,10-11,15H2,1-4H3. The lowest BCUT2D eigenvalue weighted by Crippen LogP contribution is -2.21. The summed E-state index contributed by atoms with van der Waals surface area (Å²) in [5, 5.41) is 0. The molecular formula is C21H27NO4. The number of methoxy groups -OCH3 is 1. The fourth-order valence-electron chi connectivity index (χ4n) is 2.44. The molecule has 0 atom stereocenters. The molecule has 0 aliphatic carbocycles. The number of carbonyl (C=O) groups is 1. The van der Waals surface area contributed by atoms with Crippen molar-refractivity contribution in [2.24, 2.45) is 0 Å². The Labute approximate surface area is 155 Å². The fraction of sp³-hybridized carbons (Fsp3) is 0.381. The first-order valence-electron chi connectivity index (χ1n) is 8.66. The predicted molar refractivity (Wildman–Crippen MR) is 102 cm³/mol. The number of ether oxygens (including phenoxy) is 3. The van der Waals surface area contributed by atoms with Crippen LogP contribution in [0.5, 0.6) is 11.5 Å². The van der Waals surface area contributed by atoms with Crippen molar-refractivity contribution in [3.05, 3.63) is 59.2 Å². The highest BCUT2D eigenvalue weighted by Gasteiger charge is 2.07. The van der Waals surface area contributed by atoms with Crippen molar-refractivity contribution in [2.45, 2.75) is 20.0 Å². The van der Waals surface area contributed by atoms with Crippen molar-refractivity contribution in [1.82, 2.24) is 4.90 Å². The van der Waals surface area contributed by atoms with Gasteiger partial charge in [-0.05, 0) is 42.3 Å². The van der Waals surface area contributed by atoms with E-state index in [-0.39, 0.29) is 5.91 Å². The predicted octanol–water partition coefficient (Wildman–Crippen LogP) is 3.69. The second-order valence-electron chi connectivity index (χ2n) is 6.36. The molecule has 0 bridgehead atoms. The van der Waals surface area contributed by atoms with Gasteiger partial charge in [-0.2, -0.15) is 0 Å². The quantitative estimate of drug-likeness (QED) is 0.642. The average molecular weight is 357 g/mol. The minimum atomic E-state index is -0.00795. The van der Waals surface area contributed by atoms with E-state index in [0.29, 0.717) is 25.4 Å². The minimum absolute atomic E-state index is 0.00795. The topological polar surface area (TPSA) is 48.0 Å². The Balaban J connectivity index is 1.94. The van der Waals surface area contributed by atoms with Crippen LogP contribution >= 0.6 is 0 Å². The number of hydrogen-bond acceptors (Lipinski definition) is 4. The van der Waals surface area contributed by atoms with Crippen LogP contribution in [0.15, 0.2) is 42.5 Å². The molecule has 0 heterocycles. The maximum Gasteiger partial charge on any atom is 0.253 e. The summed E-state index contributed by atoms with van der Waals surface area (Å²) < 4.78 is 16.7. The lowest BCUT2D eigenvalue weighted by molar-refractivity contribution is 0.0827. The fourth-order valence-corrected chi connectivity index (χ4v) is 2.44. The van der Waals surface area contributed by atoms with Gasteiger partial charge >= 0.3 is 0 Å². The van der Waals surface area contributed by atoms with E-state index in [0.717, 1.165) is 29.0 Å². The highest BCUT2D eigenvalue weighted by atomic mass is 16.5. The summed E-state index contributed by atoms with van der Waals surface area (Å²) >= 11 is 0. The van der Waals surface area contributed by atoms with Gasteiger partial charge in [-0.1, -0.05) is 12.1 Å². The van der Waals surface area contributed by atoms with E-state index in [9.17, 15) is 4.79 Å². The smallest absolute Gasteiger partial charge is 0.253 e. The number of amides is 1. The van der Waals surface area contributed by atoms with E-state index in [4.69, 9.17) is 14.2 Å². The van der Waals surface area contributed by atoms with Gasteiger partial charge in [0, 0.05) is 45.9 Å². The molecule has 2 rings (SSSR count). The van der Waals surface area contributed by atoms with Gasteiger partial charge in [0.15, 0.2) is 0 Å². The van der Waals surface area contributed by atoms with Crippen LogP contribution in [0.1, 0.15) is 27.9 Å². The van der Waals surface area contributed by atoms with Crippen LogP contribution in [-0.2, 0) is 11.3 Å². The normalized spacial score (nSPS) is 10.5. The van der Waals surface area contributed by atoms with Crippen molar-refractivity contribution in [1.29, 1.82) is 0 Å². The van der Waals surface area contributed by atoms with Crippen molar-refractivity contribution in [2.75, 3.05) is 34.4 Å². The van der Waals surface area contributed by atoms with Gasteiger partial charge in [-0.25, -0.2) is 0 Å². The molecule has 140 valence electrons. The van der Waals surface area contributed by atoms with E-state index in [1.165, 1.54) is 0 Å². The number of nitrogens with zero attached hydrogens (tertiary/aromatic N) is 1. The molecule has 0 unspecified atom stereocenters. The Morgan fingerprint density at radius 3 is 2.23 bits per heavy atom. The molecule has 0 aliphatic rings. The Morgan fingerprint density at radius 2 is 1.62 bits per heavy atom.